The Kier molecular flexibility index (Phi) is 5.64. The van der Waals surface area contributed by atoms with E-state index in [-0.39, 0.29) is 18.6 Å². The van der Waals surface area contributed by atoms with Crippen LogP contribution < -0.4 is 0 Å². The highest BCUT2D eigenvalue weighted by Crippen LogP contribution is 2.14. The van der Waals surface area contributed by atoms with Gasteiger partial charge >= 0.3 is 0 Å². The van der Waals surface area contributed by atoms with Crippen LogP contribution in [0.25, 0.3) is 0 Å². The van der Waals surface area contributed by atoms with E-state index in [4.69, 9.17) is 10.2 Å². The third-order valence-corrected chi connectivity index (χ3v) is 1.84. The van der Waals surface area contributed by atoms with Gasteiger partial charge in [0.25, 0.3) is 0 Å². The molecule has 2 unspecified atom stereocenters. The Bertz CT molecular complexity index is 65.7. The van der Waals surface area contributed by atoms with E-state index in [9.17, 15) is 0 Å². The highest BCUT2D eigenvalue weighted by molar-refractivity contribution is 4.63. The second-order valence-corrected chi connectivity index (χ2v) is 2.80. The summed E-state index contributed by atoms with van der Waals surface area (Å²) in [6.07, 6.45) is 2.55. The van der Waals surface area contributed by atoms with Gasteiger partial charge in [0.15, 0.2) is 0 Å². The Morgan fingerprint density at radius 2 is 1.90 bits per heavy atom. The Balaban J connectivity index is 3.50. The van der Waals surface area contributed by atoms with Crippen molar-refractivity contribution in [2.24, 2.45) is 5.92 Å². The van der Waals surface area contributed by atoms with Crippen LogP contribution in [0.2, 0.25) is 0 Å². The quantitative estimate of drug-likeness (QED) is 0.611. The number of hydrogen-bond donors (Lipinski definition) is 2. The minimum atomic E-state index is -0.271. The molecule has 0 aliphatic heterocycles. The first-order chi connectivity index (χ1) is 4.72. The molecule has 0 radical (unpaired) electrons. The van der Waals surface area contributed by atoms with Crippen LogP contribution in [0.1, 0.15) is 33.1 Å². The average Bonchev–Trinajstić information content (AvgIpc) is 1.87. The summed E-state index contributed by atoms with van der Waals surface area (Å²) in [4.78, 5) is 0. The van der Waals surface area contributed by atoms with Crippen LogP contribution in [0.4, 0.5) is 0 Å². The van der Waals surface area contributed by atoms with E-state index in [0.717, 1.165) is 19.3 Å². The van der Waals surface area contributed by atoms with Gasteiger partial charge in [-0.05, 0) is 25.7 Å². The predicted molar refractivity (Wildman–Crippen MR) is 41.8 cm³/mol. The Morgan fingerprint density at radius 1 is 1.30 bits per heavy atom. The second kappa shape index (κ2) is 5.69. The normalized spacial score (nSPS) is 16.8. The summed E-state index contributed by atoms with van der Waals surface area (Å²) in [7, 11) is 0. The molecule has 0 rings (SSSR count). The van der Waals surface area contributed by atoms with Gasteiger partial charge in [-0.15, -0.1) is 0 Å². The van der Waals surface area contributed by atoms with Gasteiger partial charge in [-0.2, -0.15) is 0 Å². The molecule has 0 spiro atoms. The first-order valence-electron chi connectivity index (χ1n) is 4.01. The van der Waals surface area contributed by atoms with Crippen LogP contribution in [0, 0.1) is 5.92 Å². The van der Waals surface area contributed by atoms with E-state index in [1.807, 2.05) is 0 Å². The molecule has 10 heavy (non-hydrogen) atoms. The topological polar surface area (TPSA) is 40.5 Å². The van der Waals surface area contributed by atoms with Crippen molar-refractivity contribution in [1.29, 1.82) is 0 Å². The summed E-state index contributed by atoms with van der Waals surface area (Å²) >= 11 is 0. The summed E-state index contributed by atoms with van der Waals surface area (Å²) in [6, 6.07) is 0. The molecule has 2 heteroatoms. The maximum absolute atomic E-state index is 9.16. The first kappa shape index (κ1) is 9.92. The minimum absolute atomic E-state index is 0.190. The van der Waals surface area contributed by atoms with Crippen LogP contribution in [0.3, 0.4) is 0 Å². The van der Waals surface area contributed by atoms with Gasteiger partial charge in [0.05, 0.1) is 6.10 Å². The van der Waals surface area contributed by atoms with Crippen LogP contribution >= 0.6 is 0 Å². The van der Waals surface area contributed by atoms with Crippen LogP contribution in [-0.2, 0) is 0 Å². The van der Waals surface area contributed by atoms with Crippen molar-refractivity contribution in [3.05, 3.63) is 0 Å². The summed E-state index contributed by atoms with van der Waals surface area (Å²) < 4.78 is 0. The SMILES string of the molecule is CCCC(CCO)C(C)O. The molecule has 0 aliphatic carbocycles. The molecule has 0 aromatic heterocycles. The fraction of sp³-hybridized carbons (Fsp3) is 1.00. The zero-order chi connectivity index (χ0) is 7.98. The second-order valence-electron chi connectivity index (χ2n) is 2.80. The van der Waals surface area contributed by atoms with Gasteiger partial charge in [0.2, 0.25) is 0 Å². The lowest BCUT2D eigenvalue weighted by atomic mass is 9.95. The Morgan fingerprint density at radius 3 is 2.20 bits per heavy atom. The molecule has 0 saturated heterocycles. The maximum Gasteiger partial charge on any atom is 0.0541 e. The highest BCUT2D eigenvalue weighted by atomic mass is 16.3. The first-order valence-corrected chi connectivity index (χ1v) is 4.01. The lowest BCUT2D eigenvalue weighted by molar-refractivity contribution is 0.0990. The Labute approximate surface area is 62.9 Å². The largest absolute Gasteiger partial charge is 0.396 e. The molecule has 0 aromatic carbocycles. The third kappa shape index (κ3) is 3.85. The van der Waals surface area contributed by atoms with Gasteiger partial charge in [-0.3, -0.25) is 0 Å². The molecule has 0 saturated carbocycles. The van der Waals surface area contributed by atoms with Crippen molar-refractivity contribution in [3.8, 4) is 0 Å². The lowest BCUT2D eigenvalue weighted by Crippen LogP contribution is -2.17. The molecule has 2 N–H and O–H groups in total. The summed E-state index contributed by atoms with van der Waals surface area (Å²) in [5.41, 5.74) is 0. The smallest absolute Gasteiger partial charge is 0.0541 e. The fourth-order valence-electron chi connectivity index (χ4n) is 1.16. The number of aliphatic hydroxyl groups excluding tert-OH is 2. The monoisotopic (exact) mass is 146 g/mol. The highest BCUT2D eigenvalue weighted by Gasteiger charge is 2.12. The standard InChI is InChI=1S/C8H18O2/c1-3-4-8(5-6-9)7(2)10/h7-10H,3-6H2,1-2H3. The van der Waals surface area contributed by atoms with E-state index in [1.54, 1.807) is 6.92 Å². The van der Waals surface area contributed by atoms with Gasteiger partial charge in [-0.25, -0.2) is 0 Å². The molecule has 0 aromatic rings. The van der Waals surface area contributed by atoms with Gasteiger partial charge < -0.3 is 10.2 Å². The molecule has 0 bridgehead atoms. The lowest BCUT2D eigenvalue weighted by Gasteiger charge is -2.17. The van der Waals surface area contributed by atoms with Crippen molar-refractivity contribution in [1.82, 2.24) is 0 Å². The van der Waals surface area contributed by atoms with Crippen molar-refractivity contribution in [2.75, 3.05) is 6.61 Å². The zero-order valence-electron chi connectivity index (χ0n) is 6.88. The van der Waals surface area contributed by atoms with E-state index in [1.165, 1.54) is 0 Å². The Hall–Kier alpha value is -0.0800. The van der Waals surface area contributed by atoms with Crippen LogP contribution in [-0.4, -0.2) is 22.9 Å². The van der Waals surface area contributed by atoms with Crippen LogP contribution in [0.15, 0.2) is 0 Å². The zero-order valence-corrected chi connectivity index (χ0v) is 6.88. The van der Waals surface area contributed by atoms with E-state index in [2.05, 4.69) is 6.92 Å². The molecule has 62 valence electrons. The minimum Gasteiger partial charge on any atom is -0.396 e. The molecule has 0 fully saturated rings. The number of rotatable bonds is 5. The molecule has 2 atom stereocenters. The van der Waals surface area contributed by atoms with Crippen molar-refractivity contribution >= 4 is 0 Å². The molecule has 0 amide bonds. The van der Waals surface area contributed by atoms with Crippen molar-refractivity contribution in [2.45, 2.75) is 39.2 Å². The van der Waals surface area contributed by atoms with Crippen molar-refractivity contribution < 1.29 is 10.2 Å². The van der Waals surface area contributed by atoms with Gasteiger partial charge in [-0.1, -0.05) is 13.3 Å². The molecule has 0 aliphatic rings. The maximum atomic E-state index is 9.16. The molecular formula is C8H18O2. The summed E-state index contributed by atoms with van der Waals surface area (Å²) in [5.74, 6) is 0.287. The van der Waals surface area contributed by atoms with E-state index in [0.29, 0.717) is 0 Å². The molecular weight excluding hydrogens is 128 g/mol. The van der Waals surface area contributed by atoms with Gasteiger partial charge in [0.1, 0.15) is 0 Å². The molecule has 2 nitrogen and oxygen atoms in total. The van der Waals surface area contributed by atoms with Gasteiger partial charge in [0, 0.05) is 6.61 Å². The number of hydrogen-bond acceptors (Lipinski definition) is 2. The molecule has 0 heterocycles. The third-order valence-electron chi connectivity index (χ3n) is 1.84. The van der Waals surface area contributed by atoms with Crippen LogP contribution in [0.5, 0.6) is 0 Å². The van der Waals surface area contributed by atoms with E-state index >= 15 is 0 Å². The fourth-order valence-corrected chi connectivity index (χ4v) is 1.16. The average molecular weight is 146 g/mol. The van der Waals surface area contributed by atoms with E-state index < -0.39 is 0 Å². The summed E-state index contributed by atoms with van der Waals surface area (Å²) in [6.45, 7) is 4.07. The number of aliphatic hydroxyl groups is 2. The van der Waals surface area contributed by atoms with Crippen molar-refractivity contribution in [3.63, 3.8) is 0 Å². The predicted octanol–water partition coefficient (Wildman–Crippen LogP) is 1.17. The summed E-state index contributed by atoms with van der Waals surface area (Å²) in [5, 5.41) is 17.8.